The second-order valence-corrected chi connectivity index (χ2v) is 3.35. The van der Waals surface area contributed by atoms with Gasteiger partial charge in [0.05, 0.1) is 6.07 Å². The Hall–Kier alpha value is -2.30. The first kappa shape index (κ1) is 11.2. The molecule has 0 unspecified atom stereocenters. The van der Waals surface area contributed by atoms with Gasteiger partial charge in [0.1, 0.15) is 6.61 Å². The molecule has 1 aromatic carbocycles. The van der Waals surface area contributed by atoms with E-state index >= 15 is 0 Å². The van der Waals surface area contributed by atoms with Gasteiger partial charge in [-0.2, -0.15) is 0 Å². The minimum absolute atomic E-state index is 0.0283. The summed E-state index contributed by atoms with van der Waals surface area (Å²) >= 11 is 0. The van der Waals surface area contributed by atoms with E-state index < -0.39 is 5.97 Å². The predicted octanol–water partition coefficient (Wildman–Crippen LogP) is 2.18. The van der Waals surface area contributed by atoms with Crippen molar-refractivity contribution in [3.63, 3.8) is 0 Å². The van der Waals surface area contributed by atoms with Gasteiger partial charge in [-0.05, 0) is 10.7 Å². The molecule has 17 heavy (non-hydrogen) atoms. The van der Waals surface area contributed by atoms with E-state index in [2.05, 4.69) is 5.16 Å². The van der Waals surface area contributed by atoms with Crippen LogP contribution in [0.3, 0.4) is 0 Å². The van der Waals surface area contributed by atoms with Crippen molar-refractivity contribution in [2.24, 2.45) is 0 Å². The third-order valence-electron chi connectivity index (χ3n) is 1.94. The number of hydrogen-bond acceptors (Lipinski definition) is 5. The Bertz CT molecular complexity index is 492. The molecule has 1 heterocycles. The average molecular weight is 233 g/mol. The van der Waals surface area contributed by atoms with Gasteiger partial charge in [0.2, 0.25) is 0 Å². The lowest BCUT2D eigenvalue weighted by atomic mass is 10.2. The lowest BCUT2D eigenvalue weighted by Crippen LogP contribution is -1.99. The first-order valence-corrected chi connectivity index (χ1v) is 5.06. The number of nitrogens with zero attached hydrogens (tertiary/aromatic N) is 1. The highest BCUT2D eigenvalue weighted by Gasteiger charge is 2.08. The SMILES string of the molecule is CC(=O)Oc1cc(OCc2ccccc2)no1. The lowest BCUT2D eigenvalue weighted by molar-refractivity contribution is -0.133. The van der Waals surface area contributed by atoms with Crippen molar-refractivity contribution in [1.29, 1.82) is 0 Å². The van der Waals surface area contributed by atoms with Crippen LogP contribution in [0.1, 0.15) is 12.5 Å². The van der Waals surface area contributed by atoms with Crippen LogP contribution >= 0.6 is 0 Å². The summed E-state index contributed by atoms with van der Waals surface area (Å²) in [5.74, 6) is -0.151. The molecule has 0 N–H and O–H groups in total. The molecule has 2 rings (SSSR count). The van der Waals surface area contributed by atoms with Crippen LogP contribution in [0.5, 0.6) is 11.8 Å². The van der Waals surface area contributed by atoms with E-state index in [0.717, 1.165) is 5.56 Å². The molecular formula is C12H11NO4. The Balaban J connectivity index is 1.91. The van der Waals surface area contributed by atoms with Crippen LogP contribution in [0.15, 0.2) is 40.9 Å². The van der Waals surface area contributed by atoms with E-state index in [-0.39, 0.29) is 11.8 Å². The number of carbonyl (C=O) groups is 1. The van der Waals surface area contributed by atoms with Crippen molar-refractivity contribution in [2.45, 2.75) is 13.5 Å². The molecule has 2 aromatic rings. The molecule has 0 saturated carbocycles. The smallest absolute Gasteiger partial charge is 0.322 e. The van der Waals surface area contributed by atoms with Crippen LogP contribution in [0.25, 0.3) is 0 Å². The Labute approximate surface area is 97.9 Å². The maximum Gasteiger partial charge on any atom is 0.322 e. The second kappa shape index (κ2) is 5.16. The topological polar surface area (TPSA) is 61.6 Å². The number of aromatic nitrogens is 1. The summed E-state index contributed by atoms with van der Waals surface area (Å²) in [7, 11) is 0. The van der Waals surface area contributed by atoms with Gasteiger partial charge < -0.3 is 14.0 Å². The van der Waals surface area contributed by atoms with Crippen molar-refractivity contribution in [2.75, 3.05) is 0 Å². The first-order chi connectivity index (χ1) is 8.24. The highest BCUT2D eigenvalue weighted by atomic mass is 16.7. The van der Waals surface area contributed by atoms with E-state index in [9.17, 15) is 4.79 Å². The fourth-order valence-corrected chi connectivity index (χ4v) is 1.23. The van der Waals surface area contributed by atoms with Gasteiger partial charge in [-0.15, -0.1) is 0 Å². The number of rotatable bonds is 4. The van der Waals surface area contributed by atoms with Crippen LogP contribution in [0.4, 0.5) is 0 Å². The predicted molar refractivity (Wildman–Crippen MR) is 58.6 cm³/mol. The average Bonchev–Trinajstić information content (AvgIpc) is 2.75. The van der Waals surface area contributed by atoms with E-state index in [1.54, 1.807) is 0 Å². The molecule has 0 spiro atoms. The van der Waals surface area contributed by atoms with E-state index in [0.29, 0.717) is 6.61 Å². The molecule has 0 saturated heterocycles. The van der Waals surface area contributed by atoms with Crippen LogP contribution in [-0.2, 0) is 11.4 Å². The summed E-state index contributed by atoms with van der Waals surface area (Å²) in [5.41, 5.74) is 1.02. The van der Waals surface area contributed by atoms with Crippen molar-refractivity contribution < 1.29 is 18.8 Å². The highest BCUT2D eigenvalue weighted by Crippen LogP contribution is 2.19. The number of ether oxygens (including phenoxy) is 2. The molecule has 0 radical (unpaired) electrons. The molecule has 5 heteroatoms. The molecule has 88 valence electrons. The summed E-state index contributed by atoms with van der Waals surface area (Å²) in [6.45, 7) is 1.67. The molecule has 0 bridgehead atoms. The maximum atomic E-state index is 10.7. The first-order valence-electron chi connectivity index (χ1n) is 5.06. The largest absolute Gasteiger partial charge is 0.471 e. The molecule has 1 aromatic heterocycles. The van der Waals surface area contributed by atoms with Crippen LogP contribution < -0.4 is 9.47 Å². The normalized spacial score (nSPS) is 9.94. The Kier molecular flexibility index (Phi) is 3.40. The fraction of sp³-hybridized carbons (Fsp3) is 0.167. The summed E-state index contributed by atoms with van der Waals surface area (Å²) in [6, 6.07) is 11.1. The van der Waals surface area contributed by atoms with Gasteiger partial charge in [0.25, 0.3) is 5.88 Å². The number of benzene rings is 1. The van der Waals surface area contributed by atoms with Gasteiger partial charge >= 0.3 is 11.9 Å². The van der Waals surface area contributed by atoms with Crippen molar-refractivity contribution >= 4 is 5.97 Å². The third-order valence-corrected chi connectivity index (χ3v) is 1.94. The quantitative estimate of drug-likeness (QED) is 0.757. The molecule has 0 aliphatic rings. The second-order valence-electron chi connectivity index (χ2n) is 3.35. The summed E-state index contributed by atoms with van der Waals surface area (Å²) in [5, 5.41) is 3.61. The summed E-state index contributed by atoms with van der Waals surface area (Å²) in [4.78, 5) is 10.7. The molecule has 0 aliphatic heterocycles. The van der Waals surface area contributed by atoms with E-state index in [1.807, 2.05) is 30.3 Å². The Morgan fingerprint density at radius 2 is 2.12 bits per heavy atom. The number of hydrogen-bond donors (Lipinski definition) is 0. The third kappa shape index (κ3) is 3.34. The van der Waals surface area contributed by atoms with E-state index in [1.165, 1.54) is 13.0 Å². The number of carbonyl (C=O) groups excluding carboxylic acids is 1. The minimum Gasteiger partial charge on any atom is -0.471 e. The summed E-state index contributed by atoms with van der Waals surface area (Å²) < 4.78 is 14.8. The zero-order valence-electron chi connectivity index (χ0n) is 9.25. The van der Waals surface area contributed by atoms with Crippen molar-refractivity contribution in [3.05, 3.63) is 42.0 Å². The summed E-state index contributed by atoms with van der Waals surface area (Å²) in [6.07, 6.45) is 0. The van der Waals surface area contributed by atoms with Crippen molar-refractivity contribution in [1.82, 2.24) is 5.16 Å². The fourth-order valence-electron chi connectivity index (χ4n) is 1.23. The van der Waals surface area contributed by atoms with Crippen LogP contribution in [-0.4, -0.2) is 11.1 Å². The molecule has 5 nitrogen and oxygen atoms in total. The monoisotopic (exact) mass is 233 g/mol. The molecule has 0 aliphatic carbocycles. The maximum absolute atomic E-state index is 10.7. The standard InChI is InChI=1S/C12H11NO4/c1-9(14)16-12-7-11(13-17-12)15-8-10-5-3-2-4-6-10/h2-7H,8H2,1H3. The molecule has 0 amide bonds. The van der Waals surface area contributed by atoms with Gasteiger partial charge in [0, 0.05) is 6.92 Å². The van der Waals surface area contributed by atoms with Gasteiger partial charge in [-0.3, -0.25) is 4.79 Å². The molecular weight excluding hydrogens is 222 g/mol. The van der Waals surface area contributed by atoms with Gasteiger partial charge in [-0.1, -0.05) is 30.3 Å². The zero-order chi connectivity index (χ0) is 12.1. The Morgan fingerprint density at radius 3 is 2.82 bits per heavy atom. The molecule has 0 atom stereocenters. The molecule has 0 fully saturated rings. The van der Waals surface area contributed by atoms with Gasteiger partial charge in [-0.25, -0.2) is 0 Å². The van der Waals surface area contributed by atoms with Crippen LogP contribution in [0, 0.1) is 0 Å². The number of esters is 1. The van der Waals surface area contributed by atoms with Gasteiger partial charge in [0.15, 0.2) is 0 Å². The zero-order valence-corrected chi connectivity index (χ0v) is 9.25. The highest BCUT2D eigenvalue weighted by molar-refractivity contribution is 5.68. The minimum atomic E-state index is -0.462. The van der Waals surface area contributed by atoms with Crippen LogP contribution in [0.2, 0.25) is 0 Å². The van der Waals surface area contributed by atoms with Crippen molar-refractivity contribution in [3.8, 4) is 11.8 Å². The lowest BCUT2D eigenvalue weighted by Gasteiger charge is -2.00. The Morgan fingerprint density at radius 1 is 1.35 bits per heavy atom. The van der Waals surface area contributed by atoms with E-state index in [4.69, 9.17) is 14.0 Å².